The summed E-state index contributed by atoms with van der Waals surface area (Å²) in [5, 5.41) is 21.8. The van der Waals surface area contributed by atoms with Crippen molar-refractivity contribution >= 4 is 17.4 Å². The molecule has 188 valence electrons. The molecule has 35 heavy (non-hydrogen) atoms. The van der Waals surface area contributed by atoms with E-state index < -0.39 is 17.7 Å². The number of likely N-dealkylation sites (N-methyl/N-ethyl adjacent to an activating group) is 1. The molecule has 1 fully saturated rings. The maximum absolute atomic E-state index is 13.2. The van der Waals surface area contributed by atoms with Gasteiger partial charge in [-0.1, -0.05) is 26.8 Å². The van der Waals surface area contributed by atoms with E-state index in [9.17, 15) is 19.8 Å². The Balaban J connectivity index is 2.23. The zero-order chi connectivity index (χ0) is 26.1. The highest BCUT2D eigenvalue weighted by molar-refractivity contribution is 6.46. The van der Waals surface area contributed by atoms with Gasteiger partial charge >= 0.3 is 0 Å². The van der Waals surface area contributed by atoms with Gasteiger partial charge in [0.25, 0.3) is 11.7 Å². The van der Waals surface area contributed by atoms with Gasteiger partial charge in [0.2, 0.25) is 0 Å². The topological polar surface area (TPSA) is 99.5 Å². The number of Topliss-reactive ketones (excluding diaryl/α,β-unsaturated/α-hetero) is 1. The van der Waals surface area contributed by atoms with Crippen LogP contribution in [-0.4, -0.2) is 73.1 Å². The van der Waals surface area contributed by atoms with Crippen molar-refractivity contribution in [1.82, 2.24) is 9.80 Å². The molecule has 3 rings (SSSR count). The summed E-state index contributed by atoms with van der Waals surface area (Å²) < 4.78 is 10.6. The number of carbonyl (C=O) groups excluding carboxylic acids is 2. The largest absolute Gasteiger partial charge is 0.507 e. The number of amides is 1. The maximum Gasteiger partial charge on any atom is 0.295 e. The molecule has 0 aromatic heterocycles. The van der Waals surface area contributed by atoms with E-state index in [2.05, 4.69) is 0 Å². The summed E-state index contributed by atoms with van der Waals surface area (Å²) in [7, 11) is 6.76. The summed E-state index contributed by atoms with van der Waals surface area (Å²) >= 11 is 0. The second-order valence-corrected chi connectivity index (χ2v) is 9.89. The standard InChI is InChI=1S/C27H34N2O6/c1-27(2,3)18-14-17(9-10-20(18)34-6)24(31)22-23(16-8-11-21(35-7)19(30)15-16)29(13-12-28(4)5)26(33)25(22)32/h8-11,14-15,23,30-31H,12-13H2,1-7H3/b24-22-. The number of hydrogen-bond donors (Lipinski definition) is 2. The molecule has 1 aliphatic rings. The molecule has 1 heterocycles. The molecule has 1 aliphatic heterocycles. The monoisotopic (exact) mass is 482 g/mol. The highest BCUT2D eigenvalue weighted by Gasteiger charge is 2.46. The molecular weight excluding hydrogens is 448 g/mol. The van der Waals surface area contributed by atoms with E-state index >= 15 is 0 Å². The van der Waals surface area contributed by atoms with Gasteiger partial charge in [-0.3, -0.25) is 9.59 Å². The van der Waals surface area contributed by atoms with Gasteiger partial charge in [-0.15, -0.1) is 0 Å². The molecule has 0 radical (unpaired) electrons. The number of phenolic OH excluding ortho intramolecular Hbond substituents is 1. The highest BCUT2D eigenvalue weighted by Crippen LogP contribution is 2.42. The normalized spacial score (nSPS) is 17.8. The molecule has 1 atom stereocenters. The third-order valence-electron chi connectivity index (χ3n) is 6.13. The van der Waals surface area contributed by atoms with Crippen LogP contribution in [0, 0.1) is 0 Å². The van der Waals surface area contributed by atoms with Crippen LogP contribution in [-0.2, 0) is 15.0 Å². The van der Waals surface area contributed by atoms with E-state index in [4.69, 9.17) is 9.47 Å². The Hall–Kier alpha value is -3.52. The maximum atomic E-state index is 13.2. The van der Waals surface area contributed by atoms with E-state index in [0.717, 1.165) is 5.56 Å². The molecule has 1 amide bonds. The van der Waals surface area contributed by atoms with Crippen LogP contribution in [0.15, 0.2) is 42.0 Å². The Labute approximate surface area is 206 Å². The van der Waals surface area contributed by atoms with Crippen LogP contribution in [0.3, 0.4) is 0 Å². The van der Waals surface area contributed by atoms with Crippen LogP contribution in [0.1, 0.15) is 43.5 Å². The Bertz CT molecular complexity index is 1160. The van der Waals surface area contributed by atoms with Crippen LogP contribution < -0.4 is 9.47 Å². The quantitative estimate of drug-likeness (QED) is 0.353. The van der Waals surface area contributed by atoms with Gasteiger partial charge in [0.15, 0.2) is 11.5 Å². The van der Waals surface area contributed by atoms with Gasteiger partial charge in [0.05, 0.1) is 25.8 Å². The van der Waals surface area contributed by atoms with Crippen LogP contribution >= 0.6 is 0 Å². The second-order valence-electron chi connectivity index (χ2n) is 9.89. The fraction of sp³-hybridized carbons (Fsp3) is 0.407. The molecule has 0 spiro atoms. The van der Waals surface area contributed by atoms with Crippen LogP contribution in [0.25, 0.3) is 5.76 Å². The lowest BCUT2D eigenvalue weighted by atomic mass is 9.84. The summed E-state index contributed by atoms with van der Waals surface area (Å²) in [6, 6.07) is 9.03. The minimum atomic E-state index is -0.869. The predicted molar refractivity (Wildman–Crippen MR) is 134 cm³/mol. The zero-order valence-corrected chi connectivity index (χ0v) is 21.4. The Morgan fingerprint density at radius 1 is 1.03 bits per heavy atom. The molecule has 8 heteroatoms. The van der Waals surface area contributed by atoms with Crippen molar-refractivity contribution in [3.8, 4) is 17.2 Å². The number of nitrogens with zero attached hydrogens (tertiary/aromatic N) is 2. The number of phenols is 1. The lowest BCUT2D eigenvalue weighted by Gasteiger charge is -2.27. The third kappa shape index (κ3) is 5.12. The molecule has 2 aromatic rings. The first-order chi connectivity index (χ1) is 16.4. The summed E-state index contributed by atoms with van der Waals surface area (Å²) in [6.07, 6.45) is 0. The molecule has 0 aliphatic carbocycles. The minimum absolute atomic E-state index is 0.0247. The number of benzene rings is 2. The van der Waals surface area contributed by atoms with Crippen molar-refractivity contribution in [1.29, 1.82) is 0 Å². The van der Waals surface area contributed by atoms with Crippen LogP contribution in [0.5, 0.6) is 17.2 Å². The van der Waals surface area contributed by atoms with Crippen molar-refractivity contribution in [3.63, 3.8) is 0 Å². The average Bonchev–Trinajstić information content (AvgIpc) is 3.06. The summed E-state index contributed by atoms with van der Waals surface area (Å²) in [5.74, 6) is -0.930. The summed E-state index contributed by atoms with van der Waals surface area (Å²) in [6.45, 7) is 6.85. The number of ketones is 1. The second kappa shape index (κ2) is 10.00. The lowest BCUT2D eigenvalue weighted by Crippen LogP contribution is -2.35. The number of rotatable bonds is 7. The Morgan fingerprint density at radius 2 is 1.66 bits per heavy atom. The summed E-state index contributed by atoms with van der Waals surface area (Å²) in [5.41, 5.74) is 1.44. The molecule has 1 saturated heterocycles. The van der Waals surface area contributed by atoms with E-state index in [1.807, 2.05) is 39.8 Å². The number of aliphatic hydroxyl groups excluding tert-OH is 1. The van der Waals surface area contributed by atoms with Crippen molar-refractivity contribution < 1.29 is 29.3 Å². The van der Waals surface area contributed by atoms with Gasteiger partial charge in [-0.25, -0.2) is 0 Å². The van der Waals surface area contributed by atoms with Gasteiger partial charge in [-0.2, -0.15) is 0 Å². The lowest BCUT2D eigenvalue weighted by molar-refractivity contribution is -0.140. The molecular formula is C27H34N2O6. The third-order valence-corrected chi connectivity index (χ3v) is 6.13. The number of aliphatic hydroxyl groups is 1. The molecule has 2 N–H and O–H groups in total. The van der Waals surface area contributed by atoms with Crippen molar-refractivity contribution in [2.45, 2.75) is 32.2 Å². The first-order valence-electron chi connectivity index (χ1n) is 11.4. The number of likely N-dealkylation sites (tertiary alicyclic amines) is 1. The van der Waals surface area contributed by atoms with Crippen molar-refractivity contribution in [2.24, 2.45) is 0 Å². The Morgan fingerprint density at radius 3 is 2.20 bits per heavy atom. The molecule has 0 bridgehead atoms. The number of methoxy groups -OCH3 is 2. The van der Waals surface area contributed by atoms with E-state index in [-0.39, 0.29) is 34.8 Å². The highest BCUT2D eigenvalue weighted by atomic mass is 16.5. The first kappa shape index (κ1) is 26.1. The Kier molecular flexibility index (Phi) is 7.45. The zero-order valence-electron chi connectivity index (χ0n) is 21.4. The van der Waals surface area contributed by atoms with Gasteiger partial charge in [-0.05, 0) is 55.4 Å². The van der Waals surface area contributed by atoms with Crippen LogP contribution in [0.2, 0.25) is 0 Å². The van der Waals surface area contributed by atoms with E-state index in [0.29, 0.717) is 23.4 Å². The van der Waals surface area contributed by atoms with Crippen molar-refractivity contribution in [3.05, 3.63) is 58.7 Å². The number of hydrogen-bond acceptors (Lipinski definition) is 7. The number of ether oxygens (including phenoxy) is 2. The van der Waals surface area contributed by atoms with Gasteiger partial charge < -0.3 is 29.5 Å². The number of aromatic hydroxyl groups is 1. The first-order valence-corrected chi connectivity index (χ1v) is 11.4. The SMILES string of the molecule is COc1ccc(C2/C(=C(/O)c3ccc(OC)c(C(C)(C)C)c3)C(=O)C(=O)N2CCN(C)C)cc1O. The fourth-order valence-corrected chi connectivity index (χ4v) is 4.24. The molecule has 2 aromatic carbocycles. The summed E-state index contributed by atoms with van der Waals surface area (Å²) in [4.78, 5) is 29.7. The van der Waals surface area contributed by atoms with E-state index in [1.165, 1.54) is 18.1 Å². The van der Waals surface area contributed by atoms with E-state index in [1.54, 1.807) is 37.4 Å². The smallest absolute Gasteiger partial charge is 0.295 e. The fourth-order valence-electron chi connectivity index (χ4n) is 4.24. The number of carbonyl (C=O) groups is 2. The molecule has 0 saturated carbocycles. The average molecular weight is 483 g/mol. The molecule has 1 unspecified atom stereocenters. The molecule has 8 nitrogen and oxygen atoms in total. The predicted octanol–water partition coefficient (Wildman–Crippen LogP) is 3.69. The van der Waals surface area contributed by atoms with Crippen LogP contribution in [0.4, 0.5) is 0 Å². The van der Waals surface area contributed by atoms with Crippen molar-refractivity contribution in [2.75, 3.05) is 41.4 Å². The van der Waals surface area contributed by atoms with Gasteiger partial charge in [0.1, 0.15) is 11.5 Å². The minimum Gasteiger partial charge on any atom is -0.507 e. The van der Waals surface area contributed by atoms with Gasteiger partial charge in [0, 0.05) is 24.2 Å².